The molecule has 4 nitrogen and oxygen atoms in total. The summed E-state index contributed by atoms with van der Waals surface area (Å²) in [6.45, 7) is 0. The summed E-state index contributed by atoms with van der Waals surface area (Å²) < 4.78 is 0. The second-order valence-electron chi connectivity index (χ2n) is 1.68. The van der Waals surface area contributed by atoms with Gasteiger partial charge in [-0.1, -0.05) is 0 Å². The maximum absolute atomic E-state index is 9.85. The van der Waals surface area contributed by atoms with Gasteiger partial charge in [-0.25, -0.2) is 5.26 Å². The Hall–Kier alpha value is -1.42. The van der Waals surface area contributed by atoms with Gasteiger partial charge in [-0.2, -0.15) is 0 Å². The van der Waals surface area contributed by atoms with Gasteiger partial charge in [0.1, 0.15) is 5.69 Å². The highest BCUT2D eigenvalue weighted by atomic mass is 17.1. The van der Waals surface area contributed by atoms with E-state index in [0.29, 0.717) is 5.69 Å². The largest absolute Gasteiger partial charge is 0.340 e. The van der Waals surface area contributed by atoms with Crippen molar-refractivity contribution in [1.29, 1.82) is 0 Å². The summed E-state index contributed by atoms with van der Waals surface area (Å²) in [5.41, 5.74) is 0.306. The van der Waals surface area contributed by atoms with E-state index < -0.39 is 0 Å². The maximum atomic E-state index is 9.85. The number of nitroso groups, excluding NO2 is 1. The van der Waals surface area contributed by atoms with Crippen molar-refractivity contribution in [2.45, 2.75) is 0 Å². The minimum Gasteiger partial charge on any atom is -0.340 e. The number of hydrogen-bond donors (Lipinski definition) is 1. The summed E-state index contributed by atoms with van der Waals surface area (Å²) in [5.74, 6) is 0.285. The zero-order chi connectivity index (χ0) is 7.40. The summed E-state index contributed by atoms with van der Waals surface area (Å²) in [6.07, 6.45) is 0. The Morgan fingerprint density at radius 2 is 1.90 bits per heavy atom. The molecule has 0 saturated carbocycles. The van der Waals surface area contributed by atoms with E-state index in [1.807, 2.05) is 0 Å². The Labute approximate surface area is 57.0 Å². The SMILES string of the molecule is O=Nc1ccc(OO)cc1. The van der Waals surface area contributed by atoms with Crippen LogP contribution in [0, 0.1) is 4.91 Å². The lowest BCUT2D eigenvalue weighted by molar-refractivity contribution is -0.137. The van der Waals surface area contributed by atoms with Crippen molar-refractivity contribution in [3.8, 4) is 5.75 Å². The van der Waals surface area contributed by atoms with E-state index in [4.69, 9.17) is 5.26 Å². The van der Waals surface area contributed by atoms with Gasteiger partial charge in [0, 0.05) is 0 Å². The third kappa shape index (κ3) is 1.29. The summed E-state index contributed by atoms with van der Waals surface area (Å²) in [4.78, 5) is 13.7. The monoisotopic (exact) mass is 139 g/mol. The molecule has 0 bridgehead atoms. The molecule has 0 aliphatic carbocycles. The number of benzene rings is 1. The molecule has 0 saturated heterocycles. The Kier molecular flexibility index (Phi) is 1.96. The predicted molar refractivity (Wildman–Crippen MR) is 35.2 cm³/mol. The fraction of sp³-hybridized carbons (Fsp3) is 0. The molecule has 1 aromatic rings. The molecule has 1 aromatic carbocycles. The Morgan fingerprint density at radius 1 is 1.30 bits per heavy atom. The molecular weight excluding hydrogens is 134 g/mol. The number of rotatable bonds is 2. The molecule has 0 aliphatic heterocycles. The Morgan fingerprint density at radius 3 is 2.30 bits per heavy atom. The van der Waals surface area contributed by atoms with Gasteiger partial charge in [-0.05, 0) is 29.4 Å². The minimum absolute atomic E-state index is 0.285. The van der Waals surface area contributed by atoms with Gasteiger partial charge in [0.2, 0.25) is 0 Å². The minimum atomic E-state index is 0.285. The molecule has 52 valence electrons. The van der Waals surface area contributed by atoms with Crippen molar-refractivity contribution in [3.05, 3.63) is 29.2 Å². The number of hydrogen-bond acceptors (Lipinski definition) is 4. The van der Waals surface area contributed by atoms with Crippen LogP contribution in [0.4, 0.5) is 5.69 Å². The average molecular weight is 139 g/mol. The molecule has 1 rings (SSSR count). The van der Waals surface area contributed by atoms with Crippen LogP contribution >= 0.6 is 0 Å². The van der Waals surface area contributed by atoms with Gasteiger partial charge in [0.05, 0.1) is 0 Å². The molecule has 10 heavy (non-hydrogen) atoms. The van der Waals surface area contributed by atoms with Gasteiger partial charge in [0.25, 0.3) is 0 Å². The molecule has 0 aliphatic rings. The molecular formula is C6H5NO3. The van der Waals surface area contributed by atoms with Crippen LogP contribution in [0.25, 0.3) is 0 Å². The van der Waals surface area contributed by atoms with Crippen molar-refractivity contribution in [1.82, 2.24) is 0 Å². The summed E-state index contributed by atoms with van der Waals surface area (Å²) in [5, 5.41) is 10.8. The average Bonchev–Trinajstić information content (AvgIpc) is 2.05. The van der Waals surface area contributed by atoms with Crippen LogP contribution in [0.3, 0.4) is 0 Å². The third-order valence-corrected chi connectivity index (χ3v) is 1.05. The second-order valence-corrected chi connectivity index (χ2v) is 1.68. The van der Waals surface area contributed by atoms with Gasteiger partial charge in [0.15, 0.2) is 5.75 Å². The van der Waals surface area contributed by atoms with Gasteiger partial charge in [-0.15, -0.1) is 4.91 Å². The van der Waals surface area contributed by atoms with Crippen LogP contribution in [-0.2, 0) is 0 Å². The van der Waals surface area contributed by atoms with E-state index in [1.165, 1.54) is 24.3 Å². The maximum Gasteiger partial charge on any atom is 0.165 e. The van der Waals surface area contributed by atoms with E-state index in [-0.39, 0.29) is 5.75 Å². The van der Waals surface area contributed by atoms with Gasteiger partial charge < -0.3 is 4.89 Å². The van der Waals surface area contributed by atoms with E-state index in [1.54, 1.807) is 0 Å². The van der Waals surface area contributed by atoms with Crippen LogP contribution < -0.4 is 4.89 Å². The van der Waals surface area contributed by atoms with Crippen LogP contribution in [0.5, 0.6) is 5.75 Å². The lowest BCUT2D eigenvalue weighted by atomic mass is 10.3. The molecule has 0 aromatic heterocycles. The first-order chi connectivity index (χ1) is 4.86. The third-order valence-electron chi connectivity index (χ3n) is 1.05. The van der Waals surface area contributed by atoms with Gasteiger partial charge >= 0.3 is 0 Å². The quantitative estimate of drug-likeness (QED) is 0.387. The molecule has 0 fully saturated rings. The highest BCUT2D eigenvalue weighted by Crippen LogP contribution is 2.16. The topological polar surface area (TPSA) is 58.9 Å². The fourth-order valence-corrected chi connectivity index (χ4v) is 0.568. The standard InChI is InChI=1S/C6H5NO3/c8-7-5-1-3-6(10-9)4-2-5/h1-4,9H. The first kappa shape index (κ1) is 6.70. The van der Waals surface area contributed by atoms with E-state index in [9.17, 15) is 4.91 Å². The molecule has 0 atom stereocenters. The van der Waals surface area contributed by atoms with Crippen molar-refractivity contribution >= 4 is 5.69 Å². The van der Waals surface area contributed by atoms with Crippen molar-refractivity contribution in [2.24, 2.45) is 5.18 Å². The van der Waals surface area contributed by atoms with Crippen LogP contribution in [0.2, 0.25) is 0 Å². The molecule has 4 heteroatoms. The molecule has 0 radical (unpaired) electrons. The molecule has 1 N–H and O–H groups in total. The molecule has 0 spiro atoms. The first-order valence-electron chi connectivity index (χ1n) is 2.61. The summed E-state index contributed by atoms with van der Waals surface area (Å²) in [7, 11) is 0. The van der Waals surface area contributed by atoms with E-state index in [2.05, 4.69) is 10.1 Å². The highest BCUT2D eigenvalue weighted by Gasteiger charge is 1.91. The second kappa shape index (κ2) is 2.93. The lowest BCUT2D eigenvalue weighted by Crippen LogP contribution is -1.80. The summed E-state index contributed by atoms with van der Waals surface area (Å²) in [6, 6.07) is 5.77. The van der Waals surface area contributed by atoms with Crippen molar-refractivity contribution < 1.29 is 10.1 Å². The van der Waals surface area contributed by atoms with Gasteiger partial charge in [-0.3, -0.25) is 0 Å². The van der Waals surface area contributed by atoms with Crippen LogP contribution in [0.1, 0.15) is 0 Å². The smallest absolute Gasteiger partial charge is 0.165 e. The normalized spacial score (nSPS) is 8.90. The fourth-order valence-electron chi connectivity index (χ4n) is 0.568. The summed E-state index contributed by atoms with van der Waals surface area (Å²) >= 11 is 0. The number of nitrogens with zero attached hydrogens (tertiary/aromatic N) is 1. The Bertz CT molecular complexity index is 219. The Balaban J connectivity index is 2.90. The van der Waals surface area contributed by atoms with Crippen molar-refractivity contribution in [2.75, 3.05) is 0 Å². The molecule has 0 heterocycles. The zero-order valence-electron chi connectivity index (χ0n) is 5.02. The molecule has 0 amide bonds. The molecule has 0 unspecified atom stereocenters. The van der Waals surface area contributed by atoms with E-state index >= 15 is 0 Å². The first-order valence-corrected chi connectivity index (χ1v) is 2.61. The van der Waals surface area contributed by atoms with E-state index in [0.717, 1.165) is 0 Å². The van der Waals surface area contributed by atoms with Crippen molar-refractivity contribution in [3.63, 3.8) is 0 Å². The predicted octanol–water partition coefficient (Wildman–Crippen LogP) is 1.94. The van der Waals surface area contributed by atoms with Crippen LogP contribution in [0.15, 0.2) is 29.4 Å². The van der Waals surface area contributed by atoms with Crippen LogP contribution in [-0.4, -0.2) is 5.26 Å². The zero-order valence-corrected chi connectivity index (χ0v) is 5.02. The lowest BCUT2D eigenvalue weighted by Gasteiger charge is -1.93. The highest BCUT2D eigenvalue weighted by molar-refractivity contribution is 5.40.